The van der Waals surface area contributed by atoms with Crippen molar-refractivity contribution in [2.45, 2.75) is 6.42 Å². The molecule has 0 aliphatic carbocycles. The third-order valence-electron chi connectivity index (χ3n) is 3.80. The predicted molar refractivity (Wildman–Crippen MR) is 89.6 cm³/mol. The molecule has 7 heteroatoms. The predicted octanol–water partition coefficient (Wildman–Crippen LogP) is 3.25. The zero-order valence-electron chi connectivity index (χ0n) is 12.7. The number of nitrogens with zero attached hydrogens (tertiary/aromatic N) is 2. The van der Waals surface area contributed by atoms with Crippen LogP contribution in [0.4, 0.5) is 4.39 Å². The summed E-state index contributed by atoms with van der Waals surface area (Å²) < 4.78 is 15.1. The summed E-state index contributed by atoms with van der Waals surface area (Å²) in [6, 6.07) is 10.7. The fraction of sp³-hybridized carbons (Fsp3) is 0.0556. The fourth-order valence-electron chi connectivity index (χ4n) is 2.59. The standard InChI is InChI=1S/C18H10ClFN2O3/c19-14-3-1-2-11(16(14)20)6-10-4-5-15-12(8-21)7-13(18(24)25)17(23)22(15)9-10/h1-5,7,9H,6H2,(H,24,25). The first-order valence-corrected chi connectivity index (χ1v) is 7.54. The largest absolute Gasteiger partial charge is 0.477 e. The van der Waals surface area contributed by atoms with Gasteiger partial charge in [-0.15, -0.1) is 0 Å². The maximum absolute atomic E-state index is 14.0. The number of carboxylic acids is 1. The summed E-state index contributed by atoms with van der Waals surface area (Å²) in [5, 5.41) is 18.3. The van der Waals surface area contributed by atoms with Crippen molar-refractivity contribution in [1.82, 2.24) is 4.40 Å². The summed E-state index contributed by atoms with van der Waals surface area (Å²) in [4.78, 5) is 23.5. The monoisotopic (exact) mass is 356 g/mol. The minimum absolute atomic E-state index is 0.00427. The number of rotatable bonds is 3. The van der Waals surface area contributed by atoms with E-state index in [1.807, 2.05) is 6.07 Å². The van der Waals surface area contributed by atoms with Gasteiger partial charge >= 0.3 is 5.97 Å². The van der Waals surface area contributed by atoms with E-state index in [1.54, 1.807) is 18.2 Å². The van der Waals surface area contributed by atoms with Crippen LogP contribution in [-0.4, -0.2) is 15.5 Å². The molecule has 0 amide bonds. The van der Waals surface area contributed by atoms with Gasteiger partial charge in [0.15, 0.2) is 0 Å². The molecule has 0 saturated heterocycles. The lowest BCUT2D eigenvalue weighted by molar-refractivity contribution is 0.0694. The first-order valence-electron chi connectivity index (χ1n) is 7.17. The molecule has 1 aromatic carbocycles. The third-order valence-corrected chi connectivity index (χ3v) is 4.09. The van der Waals surface area contributed by atoms with Crippen molar-refractivity contribution in [3.05, 3.63) is 86.0 Å². The van der Waals surface area contributed by atoms with Gasteiger partial charge in [-0.1, -0.05) is 29.8 Å². The third kappa shape index (κ3) is 2.97. The number of hydrogen-bond donors (Lipinski definition) is 1. The number of halogens is 2. The summed E-state index contributed by atoms with van der Waals surface area (Å²) in [6.45, 7) is 0. The molecule has 0 saturated carbocycles. The molecule has 0 fully saturated rings. The maximum Gasteiger partial charge on any atom is 0.341 e. The van der Waals surface area contributed by atoms with Gasteiger partial charge in [0.1, 0.15) is 17.4 Å². The average Bonchev–Trinajstić information content (AvgIpc) is 2.59. The topological polar surface area (TPSA) is 82.6 Å². The molecule has 2 heterocycles. The molecule has 0 bridgehead atoms. The van der Waals surface area contributed by atoms with Crippen molar-refractivity contribution in [2.75, 3.05) is 0 Å². The lowest BCUT2D eigenvalue weighted by atomic mass is 10.0. The van der Waals surface area contributed by atoms with Crippen molar-refractivity contribution >= 4 is 23.1 Å². The number of pyridine rings is 2. The summed E-state index contributed by atoms with van der Waals surface area (Å²) >= 11 is 5.76. The Bertz CT molecular complexity index is 1120. The Morgan fingerprint density at radius 3 is 2.76 bits per heavy atom. The minimum atomic E-state index is -1.41. The van der Waals surface area contributed by atoms with Crippen molar-refractivity contribution in [3.8, 4) is 6.07 Å². The molecule has 124 valence electrons. The second kappa shape index (κ2) is 6.38. The molecule has 5 nitrogen and oxygen atoms in total. The van der Waals surface area contributed by atoms with Crippen LogP contribution in [0.2, 0.25) is 5.02 Å². The van der Waals surface area contributed by atoms with Crippen LogP contribution in [0.25, 0.3) is 5.52 Å². The van der Waals surface area contributed by atoms with E-state index in [0.29, 0.717) is 11.1 Å². The Kier molecular flexibility index (Phi) is 4.26. The summed E-state index contributed by atoms with van der Waals surface area (Å²) in [6.07, 6.45) is 1.57. The van der Waals surface area contributed by atoms with Crippen molar-refractivity contribution in [1.29, 1.82) is 5.26 Å². The molecule has 0 aliphatic rings. The molecule has 0 radical (unpaired) electrons. The van der Waals surface area contributed by atoms with Crippen LogP contribution >= 0.6 is 11.6 Å². The molecule has 0 spiro atoms. The first-order chi connectivity index (χ1) is 11.9. The van der Waals surface area contributed by atoms with Crippen LogP contribution in [-0.2, 0) is 6.42 Å². The van der Waals surface area contributed by atoms with E-state index in [0.717, 1.165) is 10.5 Å². The highest BCUT2D eigenvalue weighted by molar-refractivity contribution is 6.30. The van der Waals surface area contributed by atoms with E-state index < -0.39 is 22.9 Å². The molecule has 1 N–H and O–H groups in total. The smallest absolute Gasteiger partial charge is 0.341 e. The fourth-order valence-corrected chi connectivity index (χ4v) is 2.79. The van der Waals surface area contributed by atoms with E-state index >= 15 is 0 Å². The van der Waals surface area contributed by atoms with E-state index in [1.165, 1.54) is 18.3 Å². The Labute approximate surface area is 146 Å². The molecule has 0 atom stereocenters. The Morgan fingerprint density at radius 2 is 2.08 bits per heavy atom. The molecular weight excluding hydrogens is 347 g/mol. The Balaban J connectivity index is 2.18. The number of carbonyl (C=O) groups is 1. The lowest BCUT2D eigenvalue weighted by Gasteiger charge is -2.09. The number of benzene rings is 1. The van der Waals surface area contributed by atoms with Gasteiger partial charge in [-0.05, 0) is 29.3 Å². The van der Waals surface area contributed by atoms with Crippen molar-refractivity contribution < 1.29 is 14.3 Å². The van der Waals surface area contributed by atoms with Crippen LogP contribution in [0.15, 0.2) is 47.4 Å². The van der Waals surface area contributed by atoms with Gasteiger partial charge in [0.25, 0.3) is 5.56 Å². The van der Waals surface area contributed by atoms with Gasteiger partial charge < -0.3 is 5.11 Å². The first kappa shape index (κ1) is 16.7. The normalized spacial score (nSPS) is 10.6. The molecular formula is C18H10ClFN2O3. The van der Waals surface area contributed by atoms with E-state index in [4.69, 9.17) is 16.7 Å². The zero-order chi connectivity index (χ0) is 18.1. The summed E-state index contributed by atoms with van der Waals surface area (Å²) in [5.74, 6) is -1.96. The van der Waals surface area contributed by atoms with Crippen LogP contribution < -0.4 is 5.56 Å². The summed E-state index contributed by atoms with van der Waals surface area (Å²) in [5.41, 5.74) is 0.0114. The van der Waals surface area contributed by atoms with Gasteiger partial charge in [-0.2, -0.15) is 5.26 Å². The maximum atomic E-state index is 14.0. The number of aromatic nitrogens is 1. The second-order valence-electron chi connectivity index (χ2n) is 5.38. The average molecular weight is 357 g/mol. The number of carboxylic acid groups (broad SMARTS) is 1. The van der Waals surface area contributed by atoms with Crippen LogP contribution in [0, 0.1) is 17.1 Å². The highest BCUT2D eigenvalue weighted by Gasteiger charge is 2.15. The molecule has 25 heavy (non-hydrogen) atoms. The van der Waals surface area contributed by atoms with E-state index in [9.17, 15) is 19.2 Å². The van der Waals surface area contributed by atoms with Crippen LogP contribution in [0.1, 0.15) is 27.0 Å². The zero-order valence-corrected chi connectivity index (χ0v) is 13.4. The number of aromatic carboxylic acids is 1. The molecule has 0 aliphatic heterocycles. The van der Waals surface area contributed by atoms with Gasteiger partial charge in [0.2, 0.25) is 0 Å². The van der Waals surface area contributed by atoms with Crippen LogP contribution in [0.5, 0.6) is 0 Å². The highest BCUT2D eigenvalue weighted by Crippen LogP contribution is 2.21. The molecule has 2 aromatic heterocycles. The second-order valence-corrected chi connectivity index (χ2v) is 5.78. The Hall–Kier alpha value is -3.17. The molecule has 3 aromatic rings. The van der Waals surface area contributed by atoms with Crippen molar-refractivity contribution in [2.24, 2.45) is 0 Å². The number of hydrogen-bond acceptors (Lipinski definition) is 3. The highest BCUT2D eigenvalue weighted by atomic mass is 35.5. The molecule has 0 unspecified atom stereocenters. The van der Waals surface area contributed by atoms with Gasteiger partial charge in [0, 0.05) is 12.6 Å². The van der Waals surface area contributed by atoms with Crippen LogP contribution in [0.3, 0.4) is 0 Å². The van der Waals surface area contributed by atoms with Gasteiger partial charge in [-0.25, -0.2) is 9.18 Å². The quantitative estimate of drug-likeness (QED) is 0.780. The van der Waals surface area contributed by atoms with Gasteiger partial charge in [0.05, 0.1) is 16.1 Å². The SMILES string of the molecule is N#Cc1cc(C(=O)O)c(=O)n2cc(Cc3cccc(Cl)c3F)ccc12. The number of nitriles is 1. The number of fused-ring (bicyclic) bond motifs is 1. The summed E-state index contributed by atoms with van der Waals surface area (Å²) in [7, 11) is 0. The lowest BCUT2D eigenvalue weighted by Crippen LogP contribution is -2.23. The van der Waals surface area contributed by atoms with Gasteiger partial charge in [-0.3, -0.25) is 9.20 Å². The molecule has 3 rings (SSSR count). The minimum Gasteiger partial charge on any atom is -0.477 e. The Morgan fingerprint density at radius 1 is 1.32 bits per heavy atom. The van der Waals surface area contributed by atoms with E-state index in [2.05, 4.69) is 0 Å². The van der Waals surface area contributed by atoms with Crippen molar-refractivity contribution in [3.63, 3.8) is 0 Å². The van der Waals surface area contributed by atoms with E-state index in [-0.39, 0.29) is 22.5 Å².